The molecule has 0 aromatic rings. The molecule has 1 aliphatic rings. The summed E-state index contributed by atoms with van der Waals surface area (Å²) in [7, 11) is -4.42. The third kappa shape index (κ3) is 18.5. The SMILES string of the molecule is CCCCCCCCCCCCCCCC=CC1=NCC[NH+]1C(C)(O)CC.CCOS(=O)(=O)[O-]. The Hall–Kier alpha value is -0.800. The van der Waals surface area contributed by atoms with Crippen molar-refractivity contribution < 1.29 is 27.2 Å². The summed E-state index contributed by atoms with van der Waals surface area (Å²) in [5.41, 5.74) is -0.685. The first kappa shape index (κ1) is 33.2. The van der Waals surface area contributed by atoms with Gasteiger partial charge in [-0.05, 0) is 19.8 Å². The third-order valence-corrected chi connectivity index (χ3v) is 6.83. The topological polar surface area (TPSA) is 103 Å². The van der Waals surface area contributed by atoms with Gasteiger partial charge in [0.05, 0.1) is 13.2 Å². The second kappa shape index (κ2) is 20.4. The lowest BCUT2D eigenvalue weighted by molar-refractivity contribution is -0.887. The Bertz CT molecular complexity index is 648. The molecule has 0 aromatic carbocycles. The fourth-order valence-electron chi connectivity index (χ4n) is 4.04. The van der Waals surface area contributed by atoms with E-state index in [2.05, 4.69) is 28.3 Å². The second-order valence-corrected chi connectivity index (χ2v) is 10.4. The number of aliphatic hydroxyl groups is 1. The molecular weight excluding hydrogens is 452 g/mol. The molecule has 8 heteroatoms. The Morgan fingerprint density at radius 1 is 0.971 bits per heavy atom. The Kier molecular flexibility index (Phi) is 19.9. The summed E-state index contributed by atoms with van der Waals surface area (Å²) in [5, 5.41) is 10.5. The van der Waals surface area contributed by atoms with Gasteiger partial charge < -0.3 is 9.66 Å². The molecule has 34 heavy (non-hydrogen) atoms. The van der Waals surface area contributed by atoms with Gasteiger partial charge in [-0.25, -0.2) is 13.4 Å². The van der Waals surface area contributed by atoms with E-state index in [9.17, 15) is 18.1 Å². The van der Waals surface area contributed by atoms with Crippen LogP contribution in [0.2, 0.25) is 0 Å². The summed E-state index contributed by atoms with van der Waals surface area (Å²) in [6, 6.07) is 0. The largest absolute Gasteiger partial charge is 0.726 e. The van der Waals surface area contributed by atoms with Crippen LogP contribution in [-0.2, 0) is 14.6 Å². The summed E-state index contributed by atoms with van der Waals surface area (Å²) < 4.78 is 32.0. The van der Waals surface area contributed by atoms with Crippen molar-refractivity contribution in [2.24, 2.45) is 4.99 Å². The smallest absolute Gasteiger partial charge is 0.223 e. The quantitative estimate of drug-likeness (QED) is 0.148. The minimum atomic E-state index is -4.42. The van der Waals surface area contributed by atoms with E-state index in [-0.39, 0.29) is 6.61 Å². The Balaban J connectivity index is 0.00000135. The highest BCUT2D eigenvalue weighted by molar-refractivity contribution is 7.80. The van der Waals surface area contributed by atoms with Crippen LogP contribution in [0.5, 0.6) is 0 Å². The van der Waals surface area contributed by atoms with Gasteiger partial charge in [0, 0.05) is 19.4 Å². The van der Waals surface area contributed by atoms with Crippen LogP contribution in [0.1, 0.15) is 124 Å². The van der Waals surface area contributed by atoms with Gasteiger partial charge in [-0.2, -0.15) is 0 Å². The number of hydrogen-bond donors (Lipinski definition) is 2. The highest BCUT2D eigenvalue weighted by atomic mass is 32.3. The highest BCUT2D eigenvalue weighted by Crippen LogP contribution is 2.13. The van der Waals surface area contributed by atoms with Crippen molar-refractivity contribution >= 4 is 16.2 Å². The van der Waals surface area contributed by atoms with Crippen LogP contribution in [0.15, 0.2) is 17.1 Å². The predicted octanol–water partition coefficient (Wildman–Crippen LogP) is 4.92. The van der Waals surface area contributed by atoms with Crippen molar-refractivity contribution in [3.8, 4) is 0 Å². The maximum Gasteiger partial charge on any atom is 0.223 e. The minimum Gasteiger partial charge on any atom is -0.726 e. The molecule has 2 unspecified atom stereocenters. The number of quaternary nitrogens is 1. The average molecular weight is 505 g/mol. The predicted molar refractivity (Wildman–Crippen MR) is 140 cm³/mol. The van der Waals surface area contributed by atoms with Crippen LogP contribution in [0.3, 0.4) is 0 Å². The van der Waals surface area contributed by atoms with Crippen molar-refractivity contribution in [3.63, 3.8) is 0 Å². The summed E-state index contributed by atoms with van der Waals surface area (Å²) in [4.78, 5) is 5.70. The standard InChI is InChI=1S/C24H46N2O.C2H6O4S/c1-4-6-7-8-9-10-11-12-13-14-15-16-17-18-19-20-23-25-21-22-26(23)24(3,27)5-2;1-2-6-7(3,4)5/h19-20,27H,4-18,21-22H2,1-3H3;2H2,1H3,(H,3,4,5). The van der Waals surface area contributed by atoms with E-state index in [0.29, 0.717) is 0 Å². The van der Waals surface area contributed by atoms with Gasteiger partial charge >= 0.3 is 0 Å². The highest BCUT2D eigenvalue weighted by Gasteiger charge is 2.36. The number of rotatable bonds is 19. The molecule has 1 heterocycles. The van der Waals surface area contributed by atoms with E-state index in [1.165, 1.54) is 90.4 Å². The van der Waals surface area contributed by atoms with E-state index in [1.807, 2.05) is 13.8 Å². The molecule has 2 N–H and O–H groups in total. The average Bonchev–Trinajstić information content (AvgIpc) is 3.25. The van der Waals surface area contributed by atoms with E-state index < -0.39 is 16.1 Å². The molecule has 0 saturated heterocycles. The summed E-state index contributed by atoms with van der Waals surface area (Å²) >= 11 is 0. The summed E-state index contributed by atoms with van der Waals surface area (Å²) in [6.07, 6.45) is 24.6. The first-order chi connectivity index (χ1) is 16.2. The molecule has 202 valence electrons. The molecule has 0 bridgehead atoms. The summed E-state index contributed by atoms with van der Waals surface area (Å²) in [5.74, 6) is 1.04. The lowest BCUT2D eigenvalue weighted by Crippen LogP contribution is -3.21. The number of nitrogens with zero attached hydrogens (tertiary/aromatic N) is 1. The van der Waals surface area contributed by atoms with E-state index in [4.69, 9.17) is 0 Å². The normalized spacial score (nSPS) is 17.9. The van der Waals surface area contributed by atoms with Crippen LogP contribution in [0, 0.1) is 0 Å². The molecule has 0 saturated carbocycles. The Morgan fingerprint density at radius 3 is 1.88 bits per heavy atom. The van der Waals surface area contributed by atoms with Crippen LogP contribution >= 0.6 is 0 Å². The molecule has 1 aliphatic heterocycles. The molecule has 2 atom stereocenters. The first-order valence-electron chi connectivity index (χ1n) is 13.6. The zero-order valence-corrected chi connectivity index (χ0v) is 23.1. The molecule has 0 aliphatic carbocycles. The zero-order chi connectivity index (χ0) is 25.7. The Labute approximate surface area is 210 Å². The van der Waals surface area contributed by atoms with Crippen molar-refractivity contribution in [2.75, 3.05) is 19.7 Å². The fraction of sp³-hybridized carbons (Fsp3) is 0.885. The lowest BCUT2D eigenvalue weighted by Gasteiger charge is -2.28. The van der Waals surface area contributed by atoms with Crippen molar-refractivity contribution in [3.05, 3.63) is 12.2 Å². The maximum atomic E-state index is 10.5. The number of aliphatic imine (C=N–C) groups is 1. The number of amidine groups is 1. The van der Waals surface area contributed by atoms with Crippen molar-refractivity contribution in [1.29, 1.82) is 0 Å². The van der Waals surface area contributed by atoms with Crippen LogP contribution in [0.4, 0.5) is 0 Å². The van der Waals surface area contributed by atoms with Crippen molar-refractivity contribution in [2.45, 2.75) is 130 Å². The van der Waals surface area contributed by atoms with Gasteiger partial charge in [0.2, 0.25) is 22.0 Å². The summed E-state index contributed by atoms with van der Waals surface area (Å²) in [6.45, 7) is 9.34. The van der Waals surface area contributed by atoms with Gasteiger partial charge in [0.25, 0.3) is 0 Å². The molecule has 0 spiro atoms. The van der Waals surface area contributed by atoms with Gasteiger partial charge in [-0.15, -0.1) is 0 Å². The Morgan fingerprint density at radius 2 is 1.47 bits per heavy atom. The first-order valence-corrected chi connectivity index (χ1v) is 14.9. The second-order valence-electron chi connectivity index (χ2n) is 9.37. The molecule has 0 fully saturated rings. The van der Waals surface area contributed by atoms with Crippen LogP contribution in [0.25, 0.3) is 0 Å². The number of hydrogen-bond acceptors (Lipinski definition) is 6. The number of allylic oxidation sites excluding steroid dienone is 1. The monoisotopic (exact) mass is 504 g/mol. The van der Waals surface area contributed by atoms with Crippen LogP contribution in [-0.4, -0.2) is 49.3 Å². The molecular formula is C26H52N2O5S. The van der Waals surface area contributed by atoms with E-state index in [0.717, 1.165) is 36.7 Å². The zero-order valence-electron chi connectivity index (χ0n) is 22.3. The van der Waals surface area contributed by atoms with Gasteiger partial charge in [0.15, 0.2) is 0 Å². The number of unbranched alkanes of at least 4 members (excludes halogenated alkanes) is 13. The van der Waals surface area contributed by atoms with Gasteiger partial charge in [-0.3, -0.25) is 9.08 Å². The van der Waals surface area contributed by atoms with E-state index >= 15 is 0 Å². The fourth-order valence-corrected chi connectivity index (χ4v) is 4.33. The third-order valence-electron chi connectivity index (χ3n) is 6.30. The number of nitrogens with one attached hydrogen (secondary N) is 1. The van der Waals surface area contributed by atoms with Crippen molar-refractivity contribution in [1.82, 2.24) is 0 Å². The molecule has 0 aromatic heterocycles. The maximum absolute atomic E-state index is 10.5. The molecule has 1 rings (SSSR count). The lowest BCUT2D eigenvalue weighted by atomic mass is 10.0. The van der Waals surface area contributed by atoms with Crippen LogP contribution < -0.4 is 4.90 Å². The molecule has 7 nitrogen and oxygen atoms in total. The van der Waals surface area contributed by atoms with Gasteiger partial charge in [0.1, 0.15) is 6.54 Å². The van der Waals surface area contributed by atoms with Gasteiger partial charge in [-0.1, -0.05) is 97.0 Å². The molecule has 0 radical (unpaired) electrons. The van der Waals surface area contributed by atoms with E-state index in [1.54, 1.807) is 0 Å². The minimum absolute atomic E-state index is 0.0914. The molecule has 0 amide bonds.